The summed E-state index contributed by atoms with van der Waals surface area (Å²) < 4.78 is 0. The van der Waals surface area contributed by atoms with Gasteiger partial charge in [-0.05, 0) is 12.0 Å². The van der Waals surface area contributed by atoms with Gasteiger partial charge in [-0.15, -0.1) is 12.4 Å². The first-order valence-electron chi connectivity index (χ1n) is 3.36. The molecule has 1 rings (SSSR count). The predicted octanol–water partition coefficient (Wildman–Crippen LogP) is 0.919. The van der Waals surface area contributed by atoms with E-state index in [1.54, 1.807) is 0 Å². The second kappa shape index (κ2) is 5.04. The van der Waals surface area contributed by atoms with Crippen molar-refractivity contribution in [2.75, 3.05) is 0 Å². The van der Waals surface area contributed by atoms with Gasteiger partial charge < -0.3 is 5.73 Å². The minimum atomic E-state index is 0. The fourth-order valence-corrected chi connectivity index (χ4v) is 0.669. The van der Waals surface area contributed by atoms with Gasteiger partial charge >= 0.3 is 0 Å². The maximum atomic E-state index is 5.32. The fourth-order valence-electron chi connectivity index (χ4n) is 0.669. The molecule has 0 atom stereocenters. The summed E-state index contributed by atoms with van der Waals surface area (Å²) in [5.41, 5.74) is 6.47. The quantitative estimate of drug-likeness (QED) is 0.724. The number of hydrogen-bond donors (Lipinski definition) is 1. The van der Waals surface area contributed by atoms with Crippen LogP contribution in [0.4, 0.5) is 0 Å². The lowest BCUT2D eigenvalue weighted by molar-refractivity contribution is 0.889. The fraction of sp³-hybridized carbons (Fsp3) is 0.429. The van der Waals surface area contributed by atoms with E-state index in [0.29, 0.717) is 12.4 Å². The maximum Gasteiger partial charge on any atom is 0.141 e. The summed E-state index contributed by atoms with van der Waals surface area (Å²) in [6.07, 6.45) is 4.61. The first kappa shape index (κ1) is 10.3. The van der Waals surface area contributed by atoms with E-state index in [0.717, 1.165) is 12.0 Å². The Morgan fingerprint density at radius 2 is 1.91 bits per heavy atom. The largest absolute Gasteiger partial charge is 0.324 e. The summed E-state index contributed by atoms with van der Waals surface area (Å²) in [4.78, 5) is 8.06. The highest BCUT2D eigenvalue weighted by atomic mass is 35.5. The highest BCUT2D eigenvalue weighted by Gasteiger charge is 1.91. The van der Waals surface area contributed by atoms with Crippen molar-refractivity contribution in [3.63, 3.8) is 0 Å². The number of nitrogens with zero attached hydrogens (tertiary/aromatic N) is 2. The van der Waals surface area contributed by atoms with Gasteiger partial charge in [-0.25, -0.2) is 9.97 Å². The summed E-state index contributed by atoms with van der Waals surface area (Å²) in [5.74, 6) is 0.706. The van der Waals surface area contributed by atoms with E-state index in [1.807, 2.05) is 12.4 Å². The van der Waals surface area contributed by atoms with E-state index >= 15 is 0 Å². The van der Waals surface area contributed by atoms with Crippen molar-refractivity contribution in [2.24, 2.45) is 5.73 Å². The minimum Gasteiger partial charge on any atom is -0.324 e. The van der Waals surface area contributed by atoms with Crippen molar-refractivity contribution < 1.29 is 0 Å². The molecule has 62 valence electrons. The number of aromatic nitrogens is 2. The lowest BCUT2D eigenvalue weighted by Crippen LogP contribution is -2.02. The van der Waals surface area contributed by atoms with Gasteiger partial charge in [0.05, 0.1) is 6.54 Å². The van der Waals surface area contributed by atoms with Crippen LogP contribution in [0, 0.1) is 0 Å². The van der Waals surface area contributed by atoms with Crippen LogP contribution in [0.3, 0.4) is 0 Å². The molecule has 1 heterocycles. The topological polar surface area (TPSA) is 51.8 Å². The van der Waals surface area contributed by atoms with Crippen molar-refractivity contribution >= 4 is 12.4 Å². The molecule has 1 aromatic rings. The van der Waals surface area contributed by atoms with E-state index in [9.17, 15) is 0 Å². The monoisotopic (exact) mass is 173 g/mol. The van der Waals surface area contributed by atoms with Crippen LogP contribution in [0.1, 0.15) is 18.3 Å². The molecular formula is C7H12ClN3. The van der Waals surface area contributed by atoms with Gasteiger partial charge in [-0.3, -0.25) is 0 Å². The summed E-state index contributed by atoms with van der Waals surface area (Å²) in [5, 5.41) is 0. The molecule has 0 aromatic carbocycles. The lowest BCUT2D eigenvalue weighted by atomic mass is 10.3. The number of hydrogen-bond acceptors (Lipinski definition) is 3. The highest BCUT2D eigenvalue weighted by molar-refractivity contribution is 5.85. The van der Waals surface area contributed by atoms with E-state index in [-0.39, 0.29) is 12.4 Å². The second-order valence-corrected chi connectivity index (χ2v) is 2.07. The Labute approximate surface area is 72.5 Å². The predicted molar refractivity (Wildman–Crippen MR) is 46.5 cm³/mol. The molecule has 0 aliphatic carbocycles. The Hall–Kier alpha value is -0.670. The zero-order chi connectivity index (χ0) is 7.40. The van der Waals surface area contributed by atoms with Gasteiger partial charge in [0, 0.05) is 12.4 Å². The van der Waals surface area contributed by atoms with Crippen molar-refractivity contribution in [1.29, 1.82) is 0 Å². The Bertz CT molecular complexity index is 174. The normalized spacial score (nSPS) is 8.91. The van der Waals surface area contributed by atoms with Gasteiger partial charge in [0.2, 0.25) is 0 Å². The average Bonchev–Trinajstić information content (AvgIpc) is 2.05. The molecule has 0 radical (unpaired) electrons. The van der Waals surface area contributed by atoms with Crippen LogP contribution >= 0.6 is 12.4 Å². The molecule has 0 saturated carbocycles. The van der Waals surface area contributed by atoms with Gasteiger partial charge in [-0.2, -0.15) is 0 Å². The number of nitrogens with two attached hydrogens (primary N) is 1. The van der Waals surface area contributed by atoms with Gasteiger partial charge in [-0.1, -0.05) is 6.92 Å². The molecule has 11 heavy (non-hydrogen) atoms. The molecule has 1 aromatic heterocycles. The van der Waals surface area contributed by atoms with Crippen LogP contribution in [0.2, 0.25) is 0 Å². The Morgan fingerprint density at radius 3 is 2.27 bits per heavy atom. The highest BCUT2D eigenvalue weighted by Crippen LogP contribution is 1.95. The molecule has 0 spiro atoms. The summed E-state index contributed by atoms with van der Waals surface area (Å²) >= 11 is 0. The van der Waals surface area contributed by atoms with E-state index in [2.05, 4.69) is 16.9 Å². The molecule has 0 aliphatic rings. The van der Waals surface area contributed by atoms with Crippen molar-refractivity contribution in [3.05, 3.63) is 23.8 Å². The van der Waals surface area contributed by atoms with E-state index < -0.39 is 0 Å². The van der Waals surface area contributed by atoms with Gasteiger partial charge in [0.1, 0.15) is 5.82 Å². The summed E-state index contributed by atoms with van der Waals surface area (Å²) in [7, 11) is 0. The van der Waals surface area contributed by atoms with Gasteiger partial charge in [0.15, 0.2) is 0 Å². The number of halogens is 1. The molecule has 0 saturated heterocycles. The molecule has 0 fully saturated rings. The average molecular weight is 174 g/mol. The second-order valence-electron chi connectivity index (χ2n) is 2.07. The Morgan fingerprint density at radius 1 is 1.36 bits per heavy atom. The Balaban J connectivity index is 0.000001000. The van der Waals surface area contributed by atoms with Crippen molar-refractivity contribution in [2.45, 2.75) is 19.9 Å². The third-order valence-electron chi connectivity index (χ3n) is 1.35. The number of rotatable bonds is 2. The third kappa shape index (κ3) is 2.82. The zero-order valence-corrected chi connectivity index (χ0v) is 7.27. The molecule has 0 unspecified atom stereocenters. The molecule has 3 nitrogen and oxygen atoms in total. The molecule has 0 amide bonds. The zero-order valence-electron chi connectivity index (χ0n) is 6.45. The molecule has 2 N–H and O–H groups in total. The summed E-state index contributed by atoms with van der Waals surface area (Å²) in [6, 6.07) is 0. The smallest absolute Gasteiger partial charge is 0.141 e. The van der Waals surface area contributed by atoms with Crippen LogP contribution < -0.4 is 5.73 Å². The van der Waals surface area contributed by atoms with Crippen molar-refractivity contribution in [1.82, 2.24) is 9.97 Å². The van der Waals surface area contributed by atoms with Gasteiger partial charge in [0.25, 0.3) is 0 Å². The number of aryl methyl sites for hydroxylation is 1. The molecule has 0 bridgehead atoms. The molecular weight excluding hydrogens is 162 g/mol. The first-order valence-corrected chi connectivity index (χ1v) is 3.36. The first-order chi connectivity index (χ1) is 4.86. The van der Waals surface area contributed by atoms with Crippen LogP contribution in [0.5, 0.6) is 0 Å². The van der Waals surface area contributed by atoms with E-state index in [1.165, 1.54) is 0 Å². The maximum absolute atomic E-state index is 5.32. The standard InChI is InChI=1S/C7H11N3.ClH/c1-2-6-4-9-7(3-8)10-5-6;/h4-5H,2-3,8H2,1H3;1H. The molecule has 4 heteroatoms. The summed E-state index contributed by atoms with van der Waals surface area (Å²) in [6.45, 7) is 2.49. The Kier molecular flexibility index (Phi) is 4.74. The minimum absolute atomic E-state index is 0. The van der Waals surface area contributed by atoms with Crippen molar-refractivity contribution in [3.8, 4) is 0 Å². The van der Waals surface area contributed by atoms with Crippen LogP contribution in [0.15, 0.2) is 12.4 Å². The van der Waals surface area contributed by atoms with Crippen LogP contribution in [0.25, 0.3) is 0 Å². The lowest BCUT2D eigenvalue weighted by Gasteiger charge is -1.95. The van der Waals surface area contributed by atoms with Crippen LogP contribution in [-0.4, -0.2) is 9.97 Å². The molecule has 0 aliphatic heterocycles. The van der Waals surface area contributed by atoms with E-state index in [4.69, 9.17) is 5.73 Å². The van der Waals surface area contributed by atoms with Crippen LogP contribution in [-0.2, 0) is 13.0 Å². The third-order valence-corrected chi connectivity index (χ3v) is 1.35. The SMILES string of the molecule is CCc1cnc(CN)nc1.Cl.